The normalized spacial score (nSPS) is 22.8. The number of nitrogens with zero attached hydrogens (tertiary/aromatic N) is 2. The van der Waals surface area contributed by atoms with E-state index in [2.05, 4.69) is 12.1 Å². The number of urea groups is 1. The van der Waals surface area contributed by atoms with E-state index >= 15 is 0 Å². The van der Waals surface area contributed by atoms with Gasteiger partial charge in [-0.05, 0) is 0 Å². The van der Waals surface area contributed by atoms with Gasteiger partial charge < -0.3 is 0 Å². The molecular formula is C19H18N2O2Se. The van der Waals surface area contributed by atoms with Crippen molar-refractivity contribution in [3.05, 3.63) is 66.2 Å². The zero-order valence-electron chi connectivity index (χ0n) is 13.2. The van der Waals surface area contributed by atoms with Crippen LogP contribution < -0.4 is 4.46 Å². The molecule has 122 valence electrons. The minimum absolute atomic E-state index is 0.0213. The molecule has 0 saturated carbocycles. The Labute approximate surface area is 147 Å². The van der Waals surface area contributed by atoms with Crippen molar-refractivity contribution >= 4 is 31.4 Å². The van der Waals surface area contributed by atoms with E-state index < -0.39 is 0 Å². The van der Waals surface area contributed by atoms with Crippen LogP contribution in [0.4, 0.5) is 4.79 Å². The predicted molar refractivity (Wildman–Crippen MR) is 93.4 cm³/mol. The Balaban J connectivity index is 1.53. The molecule has 2 aromatic carbocycles. The van der Waals surface area contributed by atoms with Crippen LogP contribution in [0.25, 0.3) is 0 Å². The molecule has 2 aliphatic heterocycles. The molecule has 0 radical (unpaired) electrons. The topological polar surface area (TPSA) is 40.6 Å². The Hall–Kier alpha value is -2.10. The van der Waals surface area contributed by atoms with E-state index in [4.69, 9.17) is 0 Å². The first-order valence-corrected chi connectivity index (χ1v) is 9.99. The average molecular weight is 385 g/mol. The first-order valence-electron chi connectivity index (χ1n) is 8.15. The number of carbonyl (C=O) groups is 2. The third kappa shape index (κ3) is 2.74. The van der Waals surface area contributed by atoms with Crippen LogP contribution in [0.2, 0.25) is 0 Å². The van der Waals surface area contributed by atoms with Crippen LogP contribution in [0.1, 0.15) is 23.2 Å². The molecule has 5 heteroatoms. The first kappa shape index (κ1) is 15.4. The van der Waals surface area contributed by atoms with Crippen LogP contribution in [0.3, 0.4) is 0 Å². The van der Waals surface area contributed by atoms with Gasteiger partial charge in [-0.3, -0.25) is 0 Å². The third-order valence-electron chi connectivity index (χ3n) is 4.57. The molecule has 2 aliphatic rings. The number of piperidine rings is 1. The Morgan fingerprint density at radius 1 is 0.958 bits per heavy atom. The van der Waals surface area contributed by atoms with Crippen LogP contribution in [0.5, 0.6) is 0 Å². The molecule has 2 fully saturated rings. The van der Waals surface area contributed by atoms with Crippen LogP contribution in [0.15, 0.2) is 60.7 Å². The number of hydrogen-bond donors (Lipinski definition) is 0. The first-order chi connectivity index (χ1) is 11.7. The van der Waals surface area contributed by atoms with Crippen LogP contribution >= 0.6 is 0 Å². The quantitative estimate of drug-likeness (QED) is 0.760. The number of rotatable bonds is 3. The summed E-state index contributed by atoms with van der Waals surface area (Å²) >= 11 is 0.216. The summed E-state index contributed by atoms with van der Waals surface area (Å²) in [6.45, 7) is 0.677. The molecule has 2 heterocycles. The van der Waals surface area contributed by atoms with Gasteiger partial charge in [0, 0.05) is 0 Å². The second kappa shape index (κ2) is 6.42. The molecule has 0 N–H and O–H groups in total. The van der Waals surface area contributed by atoms with Crippen molar-refractivity contribution in [2.24, 2.45) is 0 Å². The second-order valence-corrected chi connectivity index (χ2v) is 8.72. The molecule has 2 atom stereocenters. The minimum atomic E-state index is -0.166. The number of hydrogen-bond acceptors (Lipinski definition) is 2. The van der Waals surface area contributed by atoms with Crippen molar-refractivity contribution in [3.8, 4) is 0 Å². The van der Waals surface area contributed by atoms with E-state index in [0.29, 0.717) is 12.1 Å². The fourth-order valence-electron chi connectivity index (χ4n) is 3.38. The summed E-state index contributed by atoms with van der Waals surface area (Å²) in [6, 6.07) is 19.3. The Kier molecular flexibility index (Phi) is 4.13. The van der Waals surface area contributed by atoms with E-state index in [9.17, 15) is 9.59 Å². The van der Waals surface area contributed by atoms with E-state index in [1.807, 2.05) is 41.3 Å². The van der Waals surface area contributed by atoms with Crippen molar-refractivity contribution in [3.63, 3.8) is 0 Å². The molecule has 0 spiro atoms. The summed E-state index contributed by atoms with van der Waals surface area (Å²) in [5, 5.41) is 0. The Morgan fingerprint density at radius 3 is 2.33 bits per heavy atom. The molecule has 4 nitrogen and oxygen atoms in total. The summed E-state index contributed by atoms with van der Waals surface area (Å²) in [6.07, 6.45) is 1.88. The molecule has 2 aromatic rings. The fourth-order valence-corrected chi connectivity index (χ4v) is 5.87. The molecule has 0 aromatic heterocycles. The van der Waals surface area contributed by atoms with E-state index in [0.717, 1.165) is 12.8 Å². The molecule has 2 bridgehead atoms. The van der Waals surface area contributed by atoms with Gasteiger partial charge in [-0.15, -0.1) is 0 Å². The summed E-state index contributed by atoms with van der Waals surface area (Å²) in [4.78, 5) is 29.2. The Bertz CT molecular complexity index is 750. The van der Waals surface area contributed by atoms with Gasteiger partial charge in [0.1, 0.15) is 0 Å². The standard InChI is InChI=1S/C19H18N2O2Se/c22-18(14-7-3-1-4-8-14)21-15-11-12-17(20(13-15)19(21)23)24-16-9-5-2-6-10-16/h1-10,15,17H,11-13H2. The maximum atomic E-state index is 12.8. The van der Waals surface area contributed by atoms with Crippen LogP contribution in [-0.4, -0.2) is 54.2 Å². The van der Waals surface area contributed by atoms with Gasteiger partial charge in [0.15, 0.2) is 0 Å². The second-order valence-electron chi connectivity index (χ2n) is 6.09. The monoisotopic (exact) mass is 386 g/mol. The molecule has 2 unspecified atom stereocenters. The van der Waals surface area contributed by atoms with Gasteiger partial charge in [-0.2, -0.15) is 0 Å². The summed E-state index contributed by atoms with van der Waals surface area (Å²) in [5.41, 5.74) is 0.588. The van der Waals surface area contributed by atoms with Crippen LogP contribution in [-0.2, 0) is 0 Å². The van der Waals surface area contributed by atoms with Crippen molar-refractivity contribution < 1.29 is 9.59 Å². The van der Waals surface area contributed by atoms with E-state index in [1.54, 1.807) is 12.1 Å². The Morgan fingerprint density at radius 2 is 1.62 bits per heavy atom. The molecule has 0 aliphatic carbocycles. The van der Waals surface area contributed by atoms with E-state index in [1.165, 1.54) is 9.36 Å². The summed E-state index contributed by atoms with van der Waals surface area (Å²) < 4.78 is 1.30. The molecule has 24 heavy (non-hydrogen) atoms. The van der Waals surface area contributed by atoms with E-state index in [-0.39, 0.29) is 37.9 Å². The molecule has 3 amide bonds. The van der Waals surface area contributed by atoms with Gasteiger partial charge in [-0.1, -0.05) is 0 Å². The van der Waals surface area contributed by atoms with Crippen molar-refractivity contribution in [2.45, 2.75) is 23.8 Å². The van der Waals surface area contributed by atoms with Gasteiger partial charge in [0.2, 0.25) is 0 Å². The number of benzene rings is 2. The zero-order valence-corrected chi connectivity index (χ0v) is 14.9. The van der Waals surface area contributed by atoms with Gasteiger partial charge in [0.05, 0.1) is 0 Å². The van der Waals surface area contributed by atoms with Crippen molar-refractivity contribution in [2.75, 3.05) is 6.54 Å². The number of amides is 3. The van der Waals surface area contributed by atoms with Gasteiger partial charge >= 0.3 is 147 Å². The van der Waals surface area contributed by atoms with Gasteiger partial charge in [0.25, 0.3) is 0 Å². The van der Waals surface area contributed by atoms with Crippen LogP contribution in [0, 0.1) is 0 Å². The number of carbonyl (C=O) groups excluding carboxylic acids is 2. The molecular weight excluding hydrogens is 367 g/mol. The SMILES string of the molecule is O=C(c1ccccc1)N1C(=O)N2CC1CCC2[Se]c1ccccc1. The maximum absolute atomic E-state index is 12.8. The average Bonchev–Trinajstić information content (AvgIpc) is 2.90. The zero-order chi connectivity index (χ0) is 16.5. The number of fused-ring (bicyclic) bond motifs is 2. The predicted octanol–water partition coefficient (Wildman–Crippen LogP) is 2.08. The molecule has 2 saturated heterocycles. The summed E-state index contributed by atoms with van der Waals surface area (Å²) in [7, 11) is 0. The number of imide groups is 1. The van der Waals surface area contributed by atoms with Gasteiger partial charge in [-0.25, -0.2) is 0 Å². The summed E-state index contributed by atoms with van der Waals surface area (Å²) in [5.74, 6) is -0.166. The van der Waals surface area contributed by atoms with Crippen molar-refractivity contribution in [1.29, 1.82) is 0 Å². The van der Waals surface area contributed by atoms with Crippen molar-refractivity contribution in [1.82, 2.24) is 9.80 Å². The fraction of sp³-hybridized carbons (Fsp3) is 0.263. The molecule has 4 rings (SSSR count). The third-order valence-corrected chi connectivity index (χ3v) is 7.32.